The number of amides is 3. The van der Waals surface area contributed by atoms with Crippen LogP contribution in [0.3, 0.4) is 0 Å². The highest BCUT2D eigenvalue weighted by Gasteiger charge is 2.58. The molecule has 2 fully saturated rings. The van der Waals surface area contributed by atoms with Crippen LogP contribution in [0.15, 0.2) is 30.4 Å². The summed E-state index contributed by atoms with van der Waals surface area (Å²) in [6.07, 6.45) is 5.21. The maximum absolute atomic E-state index is 12.6. The highest BCUT2D eigenvalue weighted by molar-refractivity contribution is 6.06. The Morgan fingerprint density at radius 3 is 2.16 bits per heavy atom. The standard InChI is InChI=1S/C20H22N2O3/c1-11-7-12(2)9-15(8-11)21-16(23)5-6-22-19(24)17-13-3-4-14(10-13)18(17)20(22)25/h3-4,7-9,13-14,17-18H,5-6,10H2,1-2H3,(H,21,23). The van der Waals surface area contributed by atoms with Crippen molar-refractivity contribution in [1.29, 1.82) is 0 Å². The topological polar surface area (TPSA) is 66.5 Å². The van der Waals surface area contributed by atoms with Crippen LogP contribution in [-0.2, 0) is 14.4 Å². The number of carbonyl (C=O) groups is 3. The van der Waals surface area contributed by atoms with Gasteiger partial charge in [-0.2, -0.15) is 0 Å². The van der Waals surface area contributed by atoms with Crippen LogP contribution in [0, 0.1) is 37.5 Å². The van der Waals surface area contributed by atoms with Gasteiger partial charge in [-0.1, -0.05) is 18.2 Å². The van der Waals surface area contributed by atoms with E-state index in [0.29, 0.717) is 0 Å². The molecule has 0 radical (unpaired) electrons. The monoisotopic (exact) mass is 338 g/mol. The number of hydrogen-bond acceptors (Lipinski definition) is 3. The molecule has 2 aliphatic carbocycles. The Labute approximate surface area is 147 Å². The van der Waals surface area contributed by atoms with Gasteiger partial charge in [-0.25, -0.2) is 0 Å². The van der Waals surface area contributed by atoms with E-state index in [1.54, 1.807) is 0 Å². The molecule has 5 heteroatoms. The van der Waals surface area contributed by atoms with Gasteiger partial charge in [0.15, 0.2) is 0 Å². The van der Waals surface area contributed by atoms with Crippen molar-refractivity contribution in [2.24, 2.45) is 23.7 Å². The van der Waals surface area contributed by atoms with Gasteiger partial charge in [0.2, 0.25) is 17.7 Å². The van der Waals surface area contributed by atoms with E-state index in [0.717, 1.165) is 23.2 Å². The minimum atomic E-state index is -0.190. The third kappa shape index (κ3) is 2.68. The van der Waals surface area contributed by atoms with Crippen molar-refractivity contribution in [3.8, 4) is 0 Å². The number of imide groups is 1. The minimum absolute atomic E-state index is 0.0916. The Morgan fingerprint density at radius 2 is 1.60 bits per heavy atom. The van der Waals surface area contributed by atoms with Crippen molar-refractivity contribution in [2.75, 3.05) is 11.9 Å². The van der Waals surface area contributed by atoms with Crippen LogP contribution in [-0.4, -0.2) is 29.2 Å². The highest BCUT2D eigenvalue weighted by Crippen LogP contribution is 2.52. The zero-order valence-corrected chi connectivity index (χ0v) is 14.5. The van der Waals surface area contributed by atoms with Crippen LogP contribution < -0.4 is 5.32 Å². The summed E-state index contributed by atoms with van der Waals surface area (Å²) < 4.78 is 0. The molecule has 2 bridgehead atoms. The summed E-state index contributed by atoms with van der Waals surface area (Å²) in [5.74, 6) is -0.322. The molecule has 1 saturated carbocycles. The number of aryl methyl sites for hydroxylation is 2. The van der Waals surface area contributed by atoms with E-state index >= 15 is 0 Å². The van der Waals surface area contributed by atoms with Crippen molar-refractivity contribution in [3.05, 3.63) is 41.5 Å². The predicted octanol–water partition coefficient (Wildman–Crippen LogP) is 2.44. The van der Waals surface area contributed by atoms with Gasteiger partial charge in [-0.3, -0.25) is 19.3 Å². The second-order valence-electron chi connectivity index (χ2n) is 7.50. The summed E-state index contributed by atoms with van der Waals surface area (Å²) in [5.41, 5.74) is 2.91. The van der Waals surface area contributed by atoms with Crippen molar-refractivity contribution < 1.29 is 14.4 Å². The summed E-state index contributed by atoms with van der Waals surface area (Å²) in [6.45, 7) is 4.12. The fourth-order valence-corrected chi connectivity index (χ4v) is 4.67. The number of likely N-dealkylation sites (tertiary alicyclic amines) is 1. The molecule has 1 aromatic rings. The van der Waals surface area contributed by atoms with E-state index < -0.39 is 0 Å². The van der Waals surface area contributed by atoms with Gasteiger partial charge in [0.25, 0.3) is 0 Å². The number of rotatable bonds is 4. The number of allylic oxidation sites excluding steroid dienone is 2. The van der Waals surface area contributed by atoms with Crippen LogP contribution in [0.2, 0.25) is 0 Å². The summed E-state index contributed by atoms with van der Waals surface area (Å²) in [5, 5.41) is 2.86. The maximum Gasteiger partial charge on any atom is 0.233 e. The number of benzene rings is 1. The normalized spacial score (nSPS) is 29.4. The molecule has 4 atom stereocenters. The lowest BCUT2D eigenvalue weighted by Gasteiger charge is -2.17. The van der Waals surface area contributed by atoms with Crippen LogP contribution in [0.4, 0.5) is 5.69 Å². The first-order valence-electron chi connectivity index (χ1n) is 8.86. The molecular weight excluding hydrogens is 316 g/mol. The number of nitrogens with one attached hydrogen (secondary N) is 1. The Balaban J connectivity index is 1.38. The Morgan fingerprint density at radius 1 is 1.04 bits per heavy atom. The molecule has 1 aliphatic heterocycles. The quantitative estimate of drug-likeness (QED) is 0.677. The number of nitrogens with zero attached hydrogens (tertiary/aromatic N) is 1. The van der Waals surface area contributed by atoms with E-state index in [9.17, 15) is 14.4 Å². The fraction of sp³-hybridized carbons (Fsp3) is 0.450. The predicted molar refractivity (Wildman–Crippen MR) is 93.6 cm³/mol. The Bertz CT molecular complexity index is 748. The van der Waals surface area contributed by atoms with Crippen LogP contribution >= 0.6 is 0 Å². The fourth-order valence-electron chi connectivity index (χ4n) is 4.67. The third-order valence-corrected chi connectivity index (χ3v) is 5.63. The number of anilines is 1. The molecule has 4 unspecified atom stereocenters. The van der Waals surface area contributed by atoms with Gasteiger partial charge in [0.1, 0.15) is 0 Å². The molecule has 0 aromatic heterocycles. The molecule has 1 saturated heterocycles. The maximum atomic E-state index is 12.6. The molecule has 25 heavy (non-hydrogen) atoms. The lowest BCUT2D eigenvalue weighted by molar-refractivity contribution is -0.140. The van der Waals surface area contributed by atoms with E-state index in [1.807, 2.05) is 32.0 Å². The zero-order chi connectivity index (χ0) is 17.7. The highest BCUT2D eigenvalue weighted by atomic mass is 16.2. The van der Waals surface area contributed by atoms with Crippen molar-refractivity contribution >= 4 is 23.4 Å². The molecule has 1 heterocycles. The summed E-state index contributed by atoms with van der Waals surface area (Å²) >= 11 is 0. The first-order chi connectivity index (χ1) is 11.9. The first-order valence-corrected chi connectivity index (χ1v) is 8.86. The smallest absolute Gasteiger partial charge is 0.233 e. The summed E-state index contributed by atoms with van der Waals surface area (Å²) in [6, 6.07) is 5.86. The number of hydrogen-bond donors (Lipinski definition) is 1. The molecular formula is C20H22N2O3. The molecule has 3 amide bonds. The van der Waals surface area contributed by atoms with Crippen LogP contribution in [0.1, 0.15) is 24.0 Å². The molecule has 0 spiro atoms. The average molecular weight is 338 g/mol. The van der Waals surface area contributed by atoms with Crippen LogP contribution in [0.25, 0.3) is 0 Å². The van der Waals surface area contributed by atoms with Gasteiger partial charge in [-0.05, 0) is 55.4 Å². The average Bonchev–Trinajstić information content (AvgIpc) is 3.19. The Kier molecular flexibility index (Phi) is 3.74. The van der Waals surface area contributed by atoms with Crippen LogP contribution in [0.5, 0.6) is 0 Å². The third-order valence-electron chi connectivity index (χ3n) is 5.63. The lowest BCUT2D eigenvalue weighted by atomic mass is 9.85. The number of fused-ring (bicyclic) bond motifs is 5. The van der Waals surface area contributed by atoms with E-state index in [4.69, 9.17) is 0 Å². The molecule has 5 nitrogen and oxygen atoms in total. The SMILES string of the molecule is Cc1cc(C)cc(NC(=O)CCN2C(=O)C3C4C=CC(C4)C3C2=O)c1. The van der Waals surface area contributed by atoms with Gasteiger partial charge >= 0.3 is 0 Å². The molecule has 1 N–H and O–H groups in total. The second-order valence-corrected chi connectivity index (χ2v) is 7.50. The van der Waals surface area contributed by atoms with E-state index in [-0.39, 0.29) is 54.4 Å². The molecule has 4 rings (SSSR count). The largest absolute Gasteiger partial charge is 0.326 e. The van der Waals surface area contributed by atoms with Gasteiger partial charge in [-0.15, -0.1) is 0 Å². The van der Waals surface area contributed by atoms with Crippen molar-refractivity contribution in [3.63, 3.8) is 0 Å². The minimum Gasteiger partial charge on any atom is -0.326 e. The van der Waals surface area contributed by atoms with Gasteiger partial charge in [0, 0.05) is 18.7 Å². The van der Waals surface area contributed by atoms with Crippen molar-refractivity contribution in [1.82, 2.24) is 4.90 Å². The Hall–Kier alpha value is -2.43. The molecule has 130 valence electrons. The number of carbonyl (C=O) groups excluding carboxylic acids is 3. The summed E-state index contributed by atoms with van der Waals surface area (Å²) in [4.78, 5) is 38.7. The lowest BCUT2D eigenvalue weighted by Crippen LogP contribution is -2.35. The first kappa shape index (κ1) is 16.1. The van der Waals surface area contributed by atoms with Gasteiger partial charge in [0.05, 0.1) is 11.8 Å². The summed E-state index contributed by atoms with van der Waals surface area (Å²) in [7, 11) is 0. The zero-order valence-electron chi connectivity index (χ0n) is 14.5. The second kappa shape index (κ2) is 5.83. The van der Waals surface area contributed by atoms with Crippen molar-refractivity contribution in [2.45, 2.75) is 26.7 Å². The van der Waals surface area contributed by atoms with E-state index in [1.165, 1.54) is 4.90 Å². The molecule has 3 aliphatic rings. The van der Waals surface area contributed by atoms with E-state index in [2.05, 4.69) is 17.5 Å². The van der Waals surface area contributed by atoms with Gasteiger partial charge < -0.3 is 5.32 Å². The molecule has 1 aromatic carbocycles.